The summed E-state index contributed by atoms with van der Waals surface area (Å²) in [4.78, 5) is 7.98. The topological polar surface area (TPSA) is 16.1 Å². The summed E-state index contributed by atoms with van der Waals surface area (Å²) in [6.45, 7) is 4.43. The van der Waals surface area contributed by atoms with Crippen LogP contribution in [0.2, 0.25) is 0 Å². The lowest BCUT2D eigenvalue weighted by atomic mass is 10.2. The van der Waals surface area contributed by atoms with Crippen LogP contribution in [0, 0.1) is 0 Å². The van der Waals surface area contributed by atoms with E-state index in [1.54, 1.807) is 0 Å². The molecule has 2 rings (SSSR count). The Kier molecular flexibility index (Phi) is 5.08. The van der Waals surface area contributed by atoms with Crippen LogP contribution in [0.1, 0.15) is 38.7 Å². The van der Waals surface area contributed by atoms with Crippen molar-refractivity contribution >= 4 is 16.7 Å². The number of allylic oxidation sites excluding steroid dienone is 2. The summed E-state index contributed by atoms with van der Waals surface area (Å²) in [5.41, 5.74) is 2.68. The molecule has 3 heteroatoms. The number of hydrogen-bond acceptors (Lipinski definition) is 3. The number of aromatic nitrogens is 1. The van der Waals surface area contributed by atoms with Crippen LogP contribution in [0.4, 0.5) is 0 Å². The molecule has 0 aromatic carbocycles. The van der Waals surface area contributed by atoms with E-state index in [4.69, 9.17) is 0 Å². The van der Waals surface area contributed by atoms with E-state index in [9.17, 15) is 0 Å². The lowest BCUT2D eigenvalue weighted by molar-refractivity contribution is 0.384. The van der Waals surface area contributed by atoms with Crippen molar-refractivity contribution in [3.63, 3.8) is 0 Å². The third kappa shape index (κ3) is 3.41. The lowest BCUT2D eigenvalue weighted by Gasteiger charge is -2.28. The van der Waals surface area contributed by atoms with E-state index in [1.807, 2.05) is 30.2 Å². The van der Waals surface area contributed by atoms with E-state index in [2.05, 4.69) is 49.0 Å². The third-order valence-corrected chi connectivity index (χ3v) is 4.84. The molecule has 0 fully saturated rings. The molecule has 19 heavy (non-hydrogen) atoms. The van der Waals surface area contributed by atoms with Gasteiger partial charge in [-0.05, 0) is 25.3 Å². The molecule has 102 valence electrons. The SMILES string of the molecule is CC/C=C(/CC)N(C)C1CC=C(c2cccnc2)S1. The summed E-state index contributed by atoms with van der Waals surface area (Å²) in [5.74, 6) is 0. The van der Waals surface area contributed by atoms with Crippen molar-refractivity contribution in [2.24, 2.45) is 0 Å². The van der Waals surface area contributed by atoms with Gasteiger partial charge in [0.2, 0.25) is 0 Å². The van der Waals surface area contributed by atoms with E-state index in [1.165, 1.54) is 16.2 Å². The highest BCUT2D eigenvalue weighted by atomic mass is 32.2. The number of rotatable bonds is 5. The first-order valence-corrected chi connectivity index (χ1v) is 7.83. The van der Waals surface area contributed by atoms with Crippen LogP contribution in [-0.2, 0) is 0 Å². The highest BCUT2D eigenvalue weighted by Crippen LogP contribution is 2.41. The number of thioether (sulfide) groups is 1. The molecule has 1 atom stereocenters. The smallest absolute Gasteiger partial charge is 0.0825 e. The fourth-order valence-electron chi connectivity index (χ4n) is 2.34. The molecule has 1 aromatic rings. The minimum absolute atomic E-state index is 0.521. The predicted molar refractivity (Wildman–Crippen MR) is 84.6 cm³/mol. The second kappa shape index (κ2) is 6.80. The first kappa shape index (κ1) is 14.2. The van der Waals surface area contributed by atoms with Crippen LogP contribution in [0.3, 0.4) is 0 Å². The van der Waals surface area contributed by atoms with Crippen molar-refractivity contribution in [3.05, 3.63) is 47.9 Å². The molecular formula is C16H22N2S. The molecule has 0 aliphatic carbocycles. The average molecular weight is 274 g/mol. The first-order valence-electron chi connectivity index (χ1n) is 6.95. The van der Waals surface area contributed by atoms with E-state index in [-0.39, 0.29) is 0 Å². The zero-order valence-electron chi connectivity index (χ0n) is 12.0. The van der Waals surface area contributed by atoms with E-state index < -0.39 is 0 Å². The molecule has 2 nitrogen and oxygen atoms in total. The molecule has 0 saturated heterocycles. The highest BCUT2D eigenvalue weighted by Gasteiger charge is 2.23. The Balaban J connectivity index is 2.03. The van der Waals surface area contributed by atoms with Gasteiger partial charge in [-0.2, -0.15) is 0 Å². The second-order valence-corrected chi connectivity index (χ2v) is 5.91. The van der Waals surface area contributed by atoms with Crippen molar-refractivity contribution in [1.82, 2.24) is 9.88 Å². The highest BCUT2D eigenvalue weighted by molar-refractivity contribution is 8.09. The Morgan fingerprint density at radius 1 is 1.53 bits per heavy atom. The van der Waals surface area contributed by atoms with Crippen molar-refractivity contribution in [2.45, 2.75) is 38.5 Å². The second-order valence-electron chi connectivity index (χ2n) is 4.69. The number of nitrogens with zero attached hydrogens (tertiary/aromatic N) is 2. The van der Waals surface area contributed by atoms with E-state index >= 15 is 0 Å². The Labute approximate surface area is 120 Å². The largest absolute Gasteiger partial charge is 0.366 e. The summed E-state index contributed by atoms with van der Waals surface area (Å²) in [7, 11) is 2.21. The van der Waals surface area contributed by atoms with Crippen molar-refractivity contribution in [1.29, 1.82) is 0 Å². The minimum Gasteiger partial charge on any atom is -0.366 e. The summed E-state index contributed by atoms with van der Waals surface area (Å²) in [6.07, 6.45) is 11.8. The Morgan fingerprint density at radius 3 is 3.00 bits per heavy atom. The zero-order valence-corrected chi connectivity index (χ0v) is 12.8. The van der Waals surface area contributed by atoms with Crippen LogP contribution in [0.15, 0.2) is 42.4 Å². The molecule has 2 heterocycles. The van der Waals surface area contributed by atoms with Crippen LogP contribution >= 0.6 is 11.8 Å². The average Bonchev–Trinajstić information content (AvgIpc) is 2.95. The summed E-state index contributed by atoms with van der Waals surface area (Å²) >= 11 is 1.95. The summed E-state index contributed by atoms with van der Waals surface area (Å²) < 4.78 is 0. The molecule has 0 saturated carbocycles. The van der Waals surface area contributed by atoms with Crippen molar-refractivity contribution in [2.75, 3.05) is 7.05 Å². The normalized spacial score (nSPS) is 19.4. The third-order valence-electron chi connectivity index (χ3n) is 3.40. The summed E-state index contributed by atoms with van der Waals surface area (Å²) in [5, 5.41) is 0.521. The van der Waals surface area contributed by atoms with Gasteiger partial charge in [0, 0.05) is 35.6 Å². The van der Waals surface area contributed by atoms with Crippen LogP contribution < -0.4 is 0 Å². The van der Waals surface area contributed by atoms with Crippen LogP contribution in [0.25, 0.3) is 4.91 Å². The molecule has 0 radical (unpaired) electrons. The fraction of sp³-hybridized carbons (Fsp3) is 0.438. The molecule has 0 spiro atoms. The Morgan fingerprint density at radius 2 is 2.37 bits per heavy atom. The maximum Gasteiger partial charge on any atom is 0.0825 e. The molecule has 1 aliphatic heterocycles. The van der Waals surface area contributed by atoms with Gasteiger partial charge in [-0.3, -0.25) is 4.98 Å². The van der Waals surface area contributed by atoms with Gasteiger partial charge in [0.1, 0.15) is 0 Å². The maximum atomic E-state index is 4.20. The van der Waals surface area contributed by atoms with Gasteiger partial charge >= 0.3 is 0 Å². The lowest BCUT2D eigenvalue weighted by Crippen LogP contribution is -2.26. The first-order chi connectivity index (χ1) is 9.26. The quantitative estimate of drug-likeness (QED) is 0.785. The van der Waals surface area contributed by atoms with Crippen molar-refractivity contribution < 1.29 is 0 Å². The molecule has 1 aromatic heterocycles. The standard InChI is InChI=1S/C16H22N2S/c1-4-7-14(5-2)18(3)16-10-9-15(19-16)13-8-6-11-17-12-13/h6-9,11-12,16H,4-5,10H2,1-3H3/b14-7-. The zero-order chi connectivity index (χ0) is 13.7. The van der Waals surface area contributed by atoms with Gasteiger partial charge in [0.05, 0.1) is 5.37 Å². The van der Waals surface area contributed by atoms with Crippen molar-refractivity contribution in [3.8, 4) is 0 Å². The van der Waals surface area contributed by atoms with Gasteiger partial charge in [0.15, 0.2) is 0 Å². The molecular weight excluding hydrogens is 252 g/mol. The summed E-state index contributed by atoms with van der Waals surface area (Å²) in [6, 6.07) is 4.14. The molecule has 0 N–H and O–H groups in total. The van der Waals surface area contributed by atoms with Gasteiger partial charge < -0.3 is 4.90 Å². The number of hydrogen-bond donors (Lipinski definition) is 0. The minimum atomic E-state index is 0.521. The fourth-order valence-corrected chi connectivity index (χ4v) is 3.57. The van der Waals surface area contributed by atoms with Crippen LogP contribution in [-0.4, -0.2) is 22.3 Å². The van der Waals surface area contributed by atoms with Crippen LogP contribution in [0.5, 0.6) is 0 Å². The molecule has 0 bridgehead atoms. The Bertz CT molecular complexity index is 465. The van der Waals surface area contributed by atoms with Gasteiger partial charge in [-0.25, -0.2) is 0 Å². The van der Waals surface area contributed by atoms with E-state index in [0.29, 0.717) is 5.37 Å². The molecule has 0 amide bonds. The number of pyridine rings is 1. The Hall–Kier alpha value is -1.22. The monoisotopic (exact) mass is 274 g/mol. The molecule has 1 unspecified atom stereocenters. The predicted octanol–water partition coefficient (Wildman–Crippen LogP) is 4.52. The van der Waals surface area contributed by atoms with Gasteiger partial charge in [0.25, 0.3) is 0 Å². The van der Waals surface area contributed by atoms with E-state index in [0.717, 1.165) is 19.3 Å². The van der Waals surface area contributed by atoms with Gasteiger partial charge in [-0.1, -0.05) is 32.1 Å². The van der Waals surface area contributed by atoms with Gasteiger partial charge in [-0.15, -0.1) is 11.8 Å². The molecule has 1 aliphatic rings. The maximum absolute atomic E-state index is 4.20.